The summed E-state index contributed by atoms with van der Waals surface area (Å²) in [6, 6.07) is 1.75. The van der Waals surface area contributed by atoms with Gasteiger partial charge in [-0.05, 0) is 30.7 Å². The molecule has 0 aromatic carbocycles. The number of anilines is 1. The van der Waals surface area contributed by atoms with Gasteiger partial charge in [-0.1, -0.05) is 20.8 Å². The van der Waals surface area contributed by atoms with E-state index >= 15 is 0 Å². The first kappa shape index (κ1) is 13.8. The third-order valence-electron chi connectivity index (χ3n) is 4.00. The zero-order chi connectivity index (χ0) is 14.2. The van der Waals surface area contributed by atoms with Crippen LogP contribution in [0.25, 0.3) is 0 Å². The van der Waals surface area contributed by atoms with Crippen molar-refractivity contribution in [3.8, 4) is 0 Å². The summed E-state index contributed by atoms with van der Waals surface area (Å²) in [4.78, 5) is 18.5. The van der Waals surface area contributed by atoms with Crippen molar-refractivity contribution in [3.05, 3.63) is 23.5 Å². The van der Waals surface area contributed by atoms with Gasteiger partial charge in [0.05, 0.1) is 5.56 Å². The van der Waals surface area contributed by atoms with E-state index < -0.39 is 0 Å². The quantitative estimate of drug-likeness (QED) is 0.845. The SMILES string of the molecule is Cc1cc(N)c(C(=O)N2CCC(C(C)(C)C)C2)cn1. The summed E-state index contributed by atoms with van der Waals surface area (Å²) in [5.41, 5.74) is 8.05. The molecule has 1 saturated heterocycles. The van der Waals surface area contributed by atoms with Crippen LogP contribution < -0.4 is 5.73 Å². The summed E-state index contributed by atoms with van der Waals surface area (Å²) >= 11 is 0. The van der Waals surface area contributed by atoms with Crippen LogP contribution in [0.2, 0.25) is 0 Å². The van der Waals surface area contributed by atoms with E-state index in [-0.39, 0.29) is 11.3 Å². The molecule has 1 aliphatic rings. The minimum atomic E-state index is 0.0109. The molecular weight excluding hydrogens is 238 g/mol. The van der Waals surface area contributed by atoms with Crippen molar-refractivity contribution >= 4 is 11.6 Å². The van der Waals surface area contributed by atoms with Crippen LogP contribution >= 0.6 is 0 Å². The van der Waals surface area contributed by atoms with Crippen LogP contribution in [-0.2, 0) is 0 Å². The molecule has 0 bridgehead atoms. The summed E-state index contributed by atoms with van der Waals surface area (Å²) in [5, 5.41) is 0. The third kappa shape index (κ3) is 2.88. The molecule has 2 heterocycles. The lowest BCUT2D eigenvalue weighted by atomic mass is 9.80. The lowest BCUT2D eigenvalue weighted by Gasteiger charge is -2.27. The molecule has 4 nitrogen and oxygen atoms in total. The Balaban J connectivity index is 2.14. The van der Waals surface area contributed by atoms with Gasteiger partial charge < -0.3 is 10.6 Å². The minimum Gasteiger partial charge on any atom is -0.398 e. The Morgan fingerprint density at radius 1 is 1.47 bits per heavy atom. The molecule has 1 aliphatic heterocycles. The predicted molar refractivity (Wildman–Crippen MR) is 76.9 cm³/mol. The second kappa shape index (κ2) is 4.83. The Labute approximate surface area is 115 Å². The first-order chi connectivity index (χ1) is 8.79. The normalized spacial score (nSPS) is 19.8. The smallest absolute Gasteiger partial charge is 0.257 e. The molecule has 1 aromatic rings. The highest BCUT2D eigenvalue weighted by Gasteiger charge is 2.34. The van der Waals surface area contributed by atoms with E-state index in [9.17, 15) is 4.79 Å². The second-order valence-corrected chi connectivity index (χ2v) is 6.52. The molecular formula is C15H23N3O. The molecule has 1 aromatic heterocycles. The average Bonchev–Trinajstić information content (AvgIpc) is 2.76. The van der Waals surface area contributed by atoms with Gasteiger partial charge in [-0.25, -0.2) is 0 Å². The third-order valence-corrected chi connectivity index (χ3v) is 4.00. The molecule has 1 unspecified atom stereocenters. The number of amides is 1. The van der Waals surface area contributed by atoms with Gasteiger partial charge in [0.2, 0.25) is 0 Å². The monoisotopic (exact) mass is 261 g/mol. The lowest BCUT2D eigenvalue weighted by molar-refractivity contribution is 0.0777. The predicted octanol–water partition coefficient (Wildman–Crippen LogP) is 2.48. The number of carbonyl (C=O) groups excluding carboxylic acids is 1. The van der Waals surface area contributed by atoms with Crippen molar-refractivity contribution in [1.82, 2.24) is 9.88 Å². The summed E-state index contributed by atoms with van der Waals surface area (Å²) in [6.45, 7) is 10.2. The maximum absolute atomic E-state index is 12.5. The maximum atomic E-state index is 12.5. The molecule has 104 valence electrons. The first-order valence-corrected chi connectivity index (χ1v) is 6.80. The van der Waals surface area contributed by atoms with E-state index in [2.05, 4.69) is 25.8 Å². The van der Waals surface area contributed by atoms with Crippen LogP contribution in [0.4, 0.5) is 5.69 Å². The first-order valence-electron chi connectivity index (χ1n) is 6.80. The summed E-state index contributed by atoms with van der Waals surface area (Å²) in [5.74, 6) is 0.563. The number of carbonyl (C=O) groups is 1. The van der Waals surface area contributed by atoms with E-state index in [1.807, 2.05) is 11.8 Å². The van der Waals surface area contributed by atoms with Gasteiger partial charge in [0.1, 0.15) is 0 Å². The fourth-order valence-corrected chi connectivity index (χ4v) is 2.58. The van der Waals surface area contributed by atoms with Crippen LogP contribution in [0.3, 0.4) is 0 Å². The molecule has 0 aliphatic carbocycles. The van der Waals surface area contributed by atoms with Gasteiger partial charge in [0.25, 0.3) is 5.91 Å². The van der Waals surface area contributed by atoms with E-state index in [0.29, 0.717) is 17.2 Å². The topological polar surface area (TPSA) is 59.2 Å². The molecule has 0 spiro atoms. The van der Waals surface area contributed by atoms with Gasteiger partial charge in [-0.2, -0.15) is 0 Å². The highest BCUT2D eigenvalue weighted by atomic mass is 16.2. The number of likely N-dealkylation sites (tertiary alicyclic amines) is 1. The molecule has 1 atom stereocenters. The van der Waals surface area contributed by atoms with Crippen LogP contribution in [0, 0.1) is 18.3 Å². The molecule has 0 saturated carbocycles. The van der Waals surface area contributed by atoms with Crippen molar-refractivity contribution in [3.63, 3.8) is 0 Å². The number of aryl methyl sites for hydroxylation is 1. The lowest BCUT2D eigenvalue weighted by Crippen LogP contribution is -2.31. The van der Waals surface area contributed by atoms with Gasteiger partial charge in [0, 0.05) is 30.7 Å². The van der Waals surface area contributed by atoms with Crippen molar-refractivity contribution in [2.75, 3.05) is 18.8 Å². The zero-order valence-corrected chi connectivity index (χ0v) is 12.2. The minimum absolute atomic E-state index is 0.0109. The number of hydrogen-bond donors (Lipinski definition) is 1. The highest BCUT2D eigenvalue weighted by Crippen LogP contribution is 2.34. The molecule has 4 heteroatoms. The van der Waals surface area contributed by atoms with E-state index in [0.717, 1.165) is 25.2 Å². The molecule has 0 radical (unpaired) electrons. The fraction of sp³-hybridized carbons (Fsp3) is 0.600. The number of nitrogen functional groups attached to an aromatic ring is 1. The van der Waals surface area contributed by atoms with Crippen molar-refractivity contribution < 1.29 is 4.79 Å². The van der Waals surface area contributed by atoms with E-state index in [1.54, 1.807) is 12.3 Å². The maximum Gasteiger partial charge on any atom is 0.257 e. The van der Waals surface area contributed by atoms with E-state index in [1.165, 1.54) is 0 Å². The van der Waals surface area contributed by atoms with Crippen LogP contribution in [0.1, 0.15) is 43.2 Å². The Kier molecular flexibility index (Phi) is 3.52. The Morgan fingerprint density at radius 3 is 2.68 bits per heavy atom. The Bertz CT molecular complexity index is 491. The van der Waals surface area contributed by atoms with Crippen LogP contribution in [-0.4, -0.2) is 28.9 Å². The number of nitrogens with two attached hydrogens (primary N) is 1. The molecule has 2 rings (SSSR count). The van der Waals surface area contributed by atoms with Crippen molar-refractivity contribution in [1.29, 1.82) is 0 Å². The Hall–Kier alpha value is -1.58. The second-order valence-electron chi connectivity index (χ2n) is 6.52. The highest BCUT2D eigenvalue weighted by molar-refractivity contribution is 5.99. The number of hydrogen-bond acceptors (Lipinski definition) is 3. The van der Waals surface area contributed by atoms with Crippen molar-refractivity contribution in [2.24, 2.45) is 11.3 Å². The number of aromatic nitrogens is 1. The summed E-state index contributed by atoms with van der Waals surface area (Å²) in [6.07, 6.45) is 2.66. The molecule has 1 amide bonds. The van der Waals surface area contributed by atoms with Crippen LogP contribution in [0.5, 0.6) is 0 Å². The zero-order valence-electron chi connectivity index (χ0n) is 12.2. The Morgan fingerprint density at radius 2 is 2.16 bits per heavy atom. The molecule has 19 heavy (non-hydrogen) atoms. The van der Waals surface area contributed by atoms with Gasteiger partial charge in [-0.3, -0.25) is 9.78 Å². The molecule has 2 N–H and O–H groups in total. The van der Waals surface area contributed by atoms with E-state index in [4.69, 9.17) is 5.73 Å². The van der Waals surface area contributed by atoms with Gasteiger partial charge >= 0.3 is 0 Å². The van der Waals surface area contributed by atoms with Gasteiger partial charge in [-0.15, -0.1) is 0 Å². The standard InChI is InChI=1S/C15H23N3O/c1-10-7-13(16)12(8-17-10)14(19)18-6-5-11(9-18)15(2,3)4/h7-8,11H,5-6,9H2,1-4H3,(H2,16,17). The average molecular weight is 261 g/mol. The molecule has 1 fully saturated rings. The summed E-state index contributed by atoms with van der Waals surface area (Å²) < 4.78 is 0. The van der Waals surface area contributed by atoms with Gasteiger partial charge in [0.15, 0.2) is 0 Å². The largest absolute Gasteiger partial charge is 0.398 e. The number of nitrogens with zero attached hydrogens (tertiary/aromatic N) is 2. The number of rotatable bonds is 1. The van der Waals surface area contributed by atoms with Crippen LogP contribution in [0.15, 0.2) is 12.3 Å². The fourth-order valence-electron chi connectivity index (χ4n) is 2.58. The van der Waals surface area contributed by atoms with Crippen molar-refractivity contribution in [2.45, 2.75) is 34.1 Å². The summed E-state index contributed by atoms with van der Waals surface area (Å²) in [7, 11) is 0. The number of pyridine rings is 1.